The van der Waals surface area contributed by atoms with Crippen LogP contribution in [0.1, 0.15) is 41.0 Å². The van der Waals surface area contributed by atoms with Gasteiger partial charge >= 0.3 is 0 Å². The van der Waals surface area contributed by atoms with E-state index < -0.39 is 0 Å². The highest BCUT2D eigenvalue weighted by molar-refractivity contribution is 5.06. The monoisotopic (exact) mass is 254 g/mol. The molecule has 2 rings (SSSR count). The smallest absolute Gasteiger partial charge is 0.0652 e. The van der Waals surface area contributed by atoms with Crippen molar-refractivity contribution in [1.82, 2.24) is 10.2 Å². The van der Waals surface area contributed by atoms with Crippen LogP contribution in [0.5, 0.6) is 0 Å². The molecule has 3 heteroatoms. The number of nitrogens with zero attached hydrogens (tertiary/aromatic N) is 1. The van der Waals surface area contributed by atoms with Crippen LogP contribution in [0.15, 0.2) is 0 Å². The predicted molar refractivity (Wildman–Crippen MR) is 75.8 cm³/mol. The van der Waals surface area contributed by atoms with Crippen LogP contribution in [0.25, 0.3) is 0 Å². The number of ether oxygens (including phenoxy) is 1. The fourth-order valence-corrected chi connectivity index (χ4v) is 3.76. The SMILES string of the molecule is COC1CC(N2CC(C)NCC2C(C)C)C1(C)C. The molecule has 1 saturated carbocycles. The van der Waals surface area contributed by atoms with Gasteiger partial charge in [0, 0.05) is 43.7 Å². The Labute approximate surface area is 112 Å². The first kappa shape index (κ1) is 14.3. The van der Waals surface area contributed by atoms with Crippen molar-refractivity contribution in [2.75, 3.05) is 20.2 Å². The van der Waals surface area contributed by atoms with Gasteiger partial charge in [0.15, 0.2) is 0 Å². The van der Waals surface area contributed by atoms with Gasteiger partial charge in [-0.05, 0) is 19.3 Å². The lowest BCUT2D eigenvalue weighted by atomic mass is 9.63. The van der Waals surface area contributed by atoms with Crippen molar-refractivity contribution in [3.8, 4) is 0 Å². The summed E-state index contributed by atoms with van der Waals surface area (Å²) in [4.78, 5) is 2.75. The van der Waals surface area contributed by atoms with Crippen LogP contribution in [0.2, 0.25) is 0 Å². The lowest BCUT2D eigenvalue weighted by Gasteiger charge is -2.59. The summed E-state index contributed by atoms with van der Waals surface area (Å²) in [5, 5.41) is 3.63. The molecule has 1 aliphatic carbocycles. The molecule has 0 amide bonds. The molecule has 0 bridgehead atoms. The van der Waals surface area contributed by atoms with E-state index in [1.165, 1.54) is 13.0 Å². The van der Waals surface area contributed by atoms with Crippen molar-refractivity contribution in [1.29, 1.82) is 0 Å². The zero-order valence-electron chi connectivity index (χ0n) is 12.9. The van der Waals surface area contributed by atoms with Crippen molar-refractivity contribution in [2.45, 2.75) is 65.3 Å². The topological polar surface area (TPSA) is 24.5 Å². The minimum Gasteiger partial charge on any atom is -0.381 e. The van der Waals surface area contributed by atoms with Crippen LogP contribution >= 0.6 is 0 Å². The Morgan fingerprint density at radius 3 is 2.50 bits per heavy atom. The Kier molecular flexibility index (Phi) is 4.05. The minimum absolute atomic E-state index is 0.291. The summed E-state index contributed by atoms with van der Waals surface area (Å²) < 4.78 is 5.60. The zero-order chi connectivity index (χ0) is 13.5. The summed E-state index contributed by atoms with van der Waals surface area (Å²) in [6.45, 7) is 14.0. The maximum atomic E-state index is 5.60. The van der Waals surface area contributed by atoms with E-state index in [4.69, 9.17) is 4.74 Å². The maximum Gasteiger partial charge on any atom is 0.0652 e. The second-order valence-electron chi connectivity index (χ2n) is 7.11. The highest BCUT2D eigenvalue weighted by Gasteiger charge is 2.53. The third-order valence-electron chi connectivity index (χ3n) is 5.17. The molecule has 1 N–H and O–H groups in total. The standard InChI is InChI=1S/C15H30N2O/c1-10(2)12-8-16-11(3)9-17(12)13-7-14(18-6)15(13,4)5/h10-14,16H,7-9H2,1-6H3. The number of hydrogen-bond acceptors (Lipinski definition) is 3. The fourth-order valence-electron chi connectivity index (χ4n) is 3.76. The van der Waals surface area contributed by atoms with Gasteiger partial charge in [-0.1, -0.05) is 27.7 Å². The van der Waals surface area contributed by atoms with E-state index in [9.17, 15) is 0 Å². The summed E-state index contributed by atoms with van der Waals surface area (Å²) in [7, 11) is 1.85. The van der Waals surface area contributed by atoms with E-state index in [1.807, 2.05) is 7.11 Å². The molecular weight excluding hydrogens is 224 g/mol. The van der Waals surface area contributed by atoms with E-state index in [2.05, 4.69) is 44.8 Å². The molecule has 18 heavy (non-hydrogen) atoms. The van der Waals surface area contributed by atoms with Crippen LogP contribution in [-0.4, -0.2) is 49.3 Å². The van der Waals surface area contributed by atoms with Gasteiger partial charge in [-0.2, -0.15) is 0 Å². The summed E-state index contributed by atoms with van der Waals surface area (Å²) in [6.07, 6.45) is 1.62. The normalized spacial score (nSPS) is 40.8. The minimum atomic E-state index is 0.291. The zero-order valence-corrected chi connectivity index (χ0v) is 12.9. The van der Waals surface area contributed by atoms with Crippen molar-refractivity contribution in [2.24, 2.45) is 11.3 Å². The summed E-state index contributed by atoms with van der Waals surface area (Å²) in [6, 6.07) is 1.96. The molecule has 106 valence electrons. The molecule has 1 heterocycles. The van der Waals surface area contributed by atoms with Crippen LogP contribution in [0.3, 0.4) is 0 Å². The van der Waals surface area contributed by atoms with Crippen molar-refractivity contribution < 1.29 is 4.74 Å². The van der Waals surface area contributed by atoms with Gasteiger partial charge in [0.1, 0.15) is 0 Å². The molecule has 1 aliphatic heterocycles. The summed E-state index contributed by atoms with van der Waals surface area (Å²) in [5.74, 6) is 0.711. The number of nitrogens with one attached hydrogen (secondary N) is 1. The lowest BCUT2D eigenvalue weighted by Crippen LogP contribution is -2.69. The first-order valence-electron chi connectivity index (χ1n) is 7.39. The van der Waals surface area contributed by atoms with Crippen LogP contribution in [-0.2, 0) is 4.74 Å². The summed E-state index contributed by atoms with van der Waals surface area (Å²) in [5.41, 5.74) is 0.291. The van der Waals surface area contributed by atoms with Gasteiger partial charge in [0.25, 0.3) is 0 Å². The lowest BCUT2D eigenvalue weighted by molar-refractivity contribution is -0.155. The predicted octanol–water partition coefficient (Wildman–Crippen LogP) is 2.12. The third-order valence-corrected chi connectivity index (χ3v) is 5.17. The van der Waals surface area contributed by atoms with Crippen LogP contribution in [0, 0.1) is 11.3 Å². The Balaban J connectivity index is 2.10. The van der Waals surface area contributed by atoms with Gasteiger partial charge < -0.3 is 10.1 Å². The van der Waals surface area contributed by atoms with Gasteiger partial charge in [-0.25, -0.2) is 0 Å². The Hall–Kier alpha value is -0.120. The average molecular weight is 254 g/mol. The van der Waals surface area contributed by atoms with E-state index in [-0.39, 0.29) is 0 Å². The largest absolute Gasteiger partial charge is 0.381 e. The number of rotatable bonds is 3. The molecule has 0 aromatic rings. The highest BCUT2D eigenvalue weighted by atomic mass is 16.5. The van der Waals surface area contributed by atoms with E-state index >= 15 is 0 Å². The number of piperazine rings is 1. The second-order valence-corrected chi connectivity index (χ2v) is 7.11. The number of hydrogen-bond donors (Lipinski definition) is 1. The Morgan fingerprint density at radius 1 is 1.33 bits per heavy atom. The molecule has 4 unspecified atom stereocenters. The van der Waals surface area contributed by atoms with Crippen molar-refractivity contribution in [3.63, 3.8) is 0 Å². The van der Waals surface area contributed by atoms with Gasteiger partial charge in [-0.3, -0.25) is 4.90 Å². The van der Waals surface area contributed by atoms with Crippen LogP contribution < -0.4 is 5.32 Å². The molecule has 2 aliphatic rings. The molecule has 2 fully saturated rings. The first-order chi connectivity index (χ1) is 8.37. The van der Waals surface area contributed by atoms with Crippen molar-refractivity contribution in [3.05, 3.63) is 0 Å². The molecule has 1 saturated heterocycles. The fraction of sp³-hybridized carbons (Fsp3) is 1.00. The highest BCUT2D eigenvalue weighted by Crippen LogP contribution is 2.46. The maximum absolute atomic E-state index is 5.60. The first-order valence-corrected chi connectivity index (χ1v) is 7.39. The third kappa shape index (κ3) is 2.33. The van der Waals surface area contributed by atoms with E-state index in [0.717, 1.165) is 6.54 Å². The van der Waals surface area contributed by atoms with Gasteiger partial charge in [-0.15, -0.1) is 0 Å². The molecule has 0 radical (unpaired) electrons. The molecular formula is C15H30N2O. The summed E-state index contributed by atoms with van der Waals surface area (Å²) >= 11 is 0. The van der Waals surface area contributed by atoms with Crippen molar-refractivity contribution >= 4 is 0 Å². The Bertz CT molecular complexity index is 290. The van der Waals surface area contributed by atoms with E-state index in [1.54, 1.807) is 0 Å². The molecule has 4 atom stereocenters. The molecule has 3 nitrogen and oxygen atoms in total. The quantitative estimate of drug-likeness (QED) is 0.835. The molecule has 0 aromatic carbocycles. The Morgan fingerprint density at radius 2 is 2.00 bits per heavy atom. The second kappa shape index (κ2) is 5.10. The average Bonchev–Trinajstić information content (AvgIpc) is 2.28. The number of methoxy groups -OCH3 is 1. The molecule has 0 spiro atoms. The van der Waals surface area contributed by atoms with E-state index in [0.29, 0.717) is 35.6 Å². The van der Waals surface area contributed by atoms with Gasteiger partial charge in [0.2, 0.25) is 0 Å². The molecule has 0 aromatic heterocycles. The van der Waals surface area contributed by atoms with Crippen LogP contribution in [0.4, 0.5) is 0 Å². The van der Waals surface area contributed by atoms with Gasteiger partial charge in [0.05, 0.1) is 6.10 Å².